The molecular formula is C11H11F3N4O2S. The number of aromatic nitrogens is 2. The Bertz CT molecular complexity index is 766. The highest BCUT2D eigenvalue weighted by Gasteiger charge is 2.25. The summed E-state index contributed by atoms with van der Waals surface area (Å²) in [6, 6.07) is 0.576. The molecule has 0 aliphatic rings. The number of nitrogens with zero attached hydrogens (tertiary/aromatic N) is 2. The number of rotatable bonds is 4. The molecule has 0 aliphatic heterocycles. The molecular weight excluding hydrogens is 309 g/mol. The van der Waals surface area contributed by atoms with Gasteiger partial charge in [-0.05, 0) is 0 Å². The van der Waals surface area contributed by atoms with Gasteiger partial charge < -0.3 is 5.73 Å². The summed E-state index contributed by atoms with van der Waals surface area (Å²) in [7, 11) is -2.96. The van der Waals surface area contributed by atoms with E-state index in [1.165, 1.54) is 10.9 Å². The van der Waals surface area contributed by atoms with Gasteiger partial charge in [-0.3, -0.25) is 4.68 Å². The molecule has 0 bridgehead atoms. The molecule has 0 atom stereocenters. The predicted molar refractivity (Wildman–Crippen MR) is 68.0 cm³/mol. The minimum absolute atomic E-state index is 0.206. The van der Waals surface area contributed by atoms with Crippen molar-refractivity contribution in [3.8, 4) is 0 Å². The normalized spacial score (nSPS) is 11.8. The van der Waals surface area contributed by atoms with Crippen LogP contribution in [0, 0.1) is 17.5 Å². The van der Waals surface area contributed by atoms with Crippen molar-refractivity contribution in [2.45, 2.75) is 11.4 Å². The van der Waals surface area contributed by atoms with Gasteiger partial charge in [0, 0.05) is 31.3 Å². The van der Waals surface area contributed by atoms with Gasteiger partial charge in [-0.1, -0.05) is 0 Å². The first-order valence-electron chi connectivity index (χ1n) is 5.63. The fourth-order valence-electron chi connectivity index (χ4n) is 1.66. The van der Waals surface area contributed by atoms with E-state index in [1.807, 2.05) is 4.72 Å². The Labute approximate surface area is 118 Å². The summed E-state index contributed by atoms with van der Waals surface area (Å²) in [5.74, 6) is -4.03. The Morgan fingerprint density at radius 3 is 2.33 bits per heavy atom. The van der Waals surface area contributed by atoms with Crippen LogP contribution in [0.3, 0.4) is 0 Å². The van der Waals surface area contributed by atoms with Crippen LogP contribution in [0.5, 0.6) is 0 Å². The van der Waals surface area contributed by atoms with E-state index in [2.05, 4.69) is 5.10 Å². The number of nitrogens with two attached hydrogens (primary N) is 1. The fraction of sp³-hybridized carbons (Fsp3) is 0.182. The first-order chi connectivity index (χ1) is 9.72. The number of hydrogen-bond acceptors (Lipinski definition) is 4. The highest BCUT2D eigenvalue weighted by molar-refractivity contribution is 7.89. The highest BCUT2D eigenvalue weighted by atomic mass is 32.2. The average Bonchev–Trinajstić information content (AvgIpc) is 2.66. The summed E-state index contributed by atoms with van der Waals surface area (Å²) in [5.41, 5.74) is 5.96. The second-order valence-electron chi connectivity index (χ2n) is 4.20. The van der Waals surface area contributed by atoms with E-state index >= 15 is 0 Å². The average molecular weight is 320 g/mol. The lowest BCUT2D eigenvalue weighted by molar-refractivity contribution is 0.494. The summed E-state index contributed by atoms with van der Waals surface area (Å²) in [6.45, 7) is -0.307. The largest absolute Gasteiger partial charge is 0.384 e. The van der Waals surface area contributed by atoms with Crippen LogP contribution in [0.25, 0.3) is 0 Å². The highest BCUT2D eigenvalue weighted by Crippen LogP contribution is 2.20. The number of sulfonamides is 1. The number of aryl methyl sites for hydroxylation is 1. The molecule has 0 unspecified atom stereocenters. The molecule has 0 fully saturated rings. The molecule has 0 saturated heterocycles. The lowest BCUT2D eigenvalue weighted by Crippen LogP contribution is -2.25. The zero-order valence-electron chi connectivity index (χ0n) is 10.8. The number of anilines is 1. The predicted octanol–water partition coefficient (Wildman–Crippen LogP) is 0.898. The molecule has 1 aromatic carbocycles. The number of halogens is 3. The summed E-state index contributed by atoms with van der Waals surface area (Å²) < 4.78 is 66.8. The van der Waals surface area contributed by atoms with Gasteiger partial charge in [0.05, 0.1) is 6.20 Å². The summed E-state index contributed by atoms with van der Waals surface area (Å²) in [4.78, 5) is -1.24. The van der Waals surface area contributed by atoms with Gasteiger partial charge in [-0.15, -0.1) is 0 Å². The third-order valence-electron chi connectivity index (χ3n) is 2.75. The molecule has 3 N–H and O–H groups in total. The molecule has 0 spiro atoms. The Hall–Kier alpha value is -2.07. The number of nitrogens with one attached hydrogen (secondary N) is 1. The molecule has 1 aromatic heterocycles. The fourth-order valence-corrected chi connectivity index (χ4v) is 2.78. The van der Waals surface area contributed by atoms with Crippen molar-refractivity contribution < 1.29 is 21.6 Å². The first kappa shape index (κ1) is 15.3. The van der Waals surface area contributed by atoms with Gasteiger partial charge in [-0.25, -0.2) is 26.3 Å². The number of nitrogen functional groups attached to an aromatic ring is 1. The second-order valence-corrected chi connectivity index (χ2v) is 5.91. The van der Waals surface area contributed by atoms with Crippen LogP contribution in [0.4, 0.5) is 19.0 Å². The van der Waals surface area contributed by atoms with Crippen molar-refractivity contribution in [2.24, 2.45) is 7.05 Å². The van der Waals surface area contributed by atoms with E-state index in [1.54, 1.807) is 7.05 Å². The summed E-state index contributed by atoms with van der Waals surface area (Å²) in [5, 5.41) is 3.80. The van der Waals surface area contributed by atoms with Crippen molar-refractivity contribution >= 4 is 15.8 Å². The van der Waals surface area contributed by atoms with Crippen molar-refractivity contribution in [2.75, 3.05) is 5.73 Å². The van der Waals surface area contributed by atoms with E-state index in [-0.39, 0.29) is 24.5 Å². The minimum Gasteiger partial charge on any atom is -0.384 e. The van der Waals surface area contributed by atoms with Crippen LogP contribution in [0.15, 0.2) is 23.2 Å². The van der Waals surface area contributed by atoms with Crippen LogP contribution < -0.4 is 10.5 Å². The third-order valence-corrected chi connectivity index (χ3v) is 4.20. The Balaban J connectivity index is 2.29. The summed E-state index contributed by atoms with van der Waals surface area (Å²) >= 11 is 0. The Kier molecular flexibility index (Phi) is 3.92. The molecule has 1 heterocycles. The van der Waals surface area contributed by atoms with Crippen LogP contribution in [-0.4, -0.2) is 18.2 Å². The smallest absolute Gasteiger partial charge is 0.246 e. The lowest BCUT2D eigenvalue weighted by atomic mass is 10.3. The lowest BCUT2D eigenvalue weighted by Gasteiger charge is -2.08. The number of benzene rings is 1. The van der Waals surface area contributed by atoms with Gasteiger partial charge in [0.2, 0.25) is 10.0 Å². The third kappa shape index (κ3) is 3.00. The maximum atomic E-state index is 13.5. The van der Waals surface area contributed by atoms with E-state index < -0.39 is 32.4 Å². The molecule has 0 saturated carbocycles. The van der Waals surface area contributed by atoms with E-state index in [0.717, 1.165) is 0 Å². The molecule has 114 valence electrons. The molecule has 0 amide bonds. The van der Waals surface area contributed by atoms with Crippen molar-refractivity contribution in [1.29, 1.82) is 0 Å². The van der Waals surface area contributed by atoms with Crippen LogP contribution in [0.1, 0.15) is 5.56 Å². The molecule has 2 aromatic rings. The van der Waals surface area contributed by atoms with Gasteiger partial charge >= 0.3 is 0 Å². The van der Waals surface area contributed by atoms with Gasteiger partial charge in [0.25, 0.3) is 0 Å². The van der Waals surface area contributed by atoms with Crippen LogP contribution in [0.2, 0.25) is 0 Å². The standard InChI is InChI=1S/C11H11F3N4O2S/c1-18-11(15)6(4-16-18)5-17-21(19,20)10-8(13)2-7(12)3-9(10)14/h2-4,17H,5,15H2,1H3. The van der Waals surface area contributed by atoms with Gasteiger partial charge in [-0.2, -0.15) is 5.10 Å². The van der Waals surface area contributed by atoms with Crippen molar-refractivity contribution in [1.82, 2.24) is 14.5 Å². The second kappa shape index (κ2) is 5.37. The van der Waals surface area contributed by atoms with E-state index in [9.17, 15) is 21.6 Å². The Morgan fingerprint density at radius 2 is 1.86 bits per heavy atom. The monoisotopic (exact) mass is 320 g/mol. The molecule has 0 aliphatic carbocycles. The minimum atomic E-state index is -4.50. The molecule has 6 nitrogen and oxygen atoms in total. The maximum Gasteiger partial charge on any atom is 0.246 e. The van der Waals surface area contributed by atoms with Gasteiger partial charge in [0.15, 0.2) is 4.90 Å². The molecule has 21 heavy (non-hydrogen) atoms. The first-order valence-corrected chi connectivity index (χ1v) is 7.11. The molecule has 10 heteroatoms. The zero-order valence-corrected chi connectivity index (χ0v) is 11.6. The van der Waals surface area contributed by atoms with Gasteiger partial charge in [0.1, 0.15) is 23.3 Å². The quantitative estimate of drug-likeness (QED) is 0.876. The van der Waals surface area contributed by atoms with Crippen molar-refractivity contribution in [3.63, 3.8) is 0 Å². The molecule has 2 rings (SSSR count). The van der Waals surface area contributed by atoms with Crippen LogP contribution >= 0.6 is 0 Å². The molecule has 0 radical (unpaired) electrons. The summed E-state index contributed by atoms with van der Waals surface area (Å²) in [6.07, 6.45) is 1.31. The van der Waals surface area contributed by atoms with Crippen LogP contribution in [-0.2, 0) is 23.6 Å². The zero-order chi connectivity index (χ0) is 15.8. The van der Waals surface area contributed by atoms with E-state index in [0.29, 0.717) is 5.56 Å². The SMILES string of the molecule is Cn1ncc(CNS(=O)(=O)c2c(F)cc(F)cc2F)c1N. The topological polar surface area (TPSA) is 90.0 Å². The Morgan fingerprint density at radius 1 is 1.29 bits per heavy atom. The maximum absolute atomic E-state index is 13.5. The number of hydrogen-bond donors (Lipinski definition) is 2. The van der Waals surface area contributed by atoms with Crippen molar-refractivity contribution in [3.05, 3.63) is 41.3 Å². The van der Waals surface area contributed by atoms with E-state index in [4.69, 9.17) is 5.73 Å².